The van der Waals surface area contributed by atoms with Crippen LogP contribution >= 0.6 is 0 Å². The van der Waals surface area contributed by atoms with Gasteiger partial charge in [0.2, 0.25) is 5.91 Å². The first-order valence-corrected chi connectivity index (χ1v) is 4.23. The molecule has 0 unspecified atom stereocenters. The minimum atomic E-state index is -0.395. The van der Waals surface area contributed by atoms with E-state index < -0.39 is 5.91 Å². The molecule has 4 heteroatoms. The summed E-state index contributed by atoms with van der Waals surface area (Å²) in [6.07, 6.45) is 8.94. The van der Waals surface area contributed by atoms with Crippen LogP contribution in [-0.2, 0) is 4.79 Å². The first kappa shape index (κ1) is 8.62. The second-order valence-electron chi connectivity index (χ2n) is 3.01. The number of carbonyl (C=O) groups excluding carboxylic acids is 1. The molecule has 0 atom stereocenters. The van der Waals surface area contributed by atoms with Gasteiger partial charge in [-0.15, -0.1) is 0 Å². The van der Waals surface area contributed by atoms with Crippen LogP contribution < -0.4 is 5.73 Å². The van der Waals surface area contributed by atoms with Gasteiger partial charge in [0.05, 0.1) is 5.71 Å². The van der Waals surface area contributed by atoms with Crippen LogP contribution in [0.1, 0.15) is 6.42 Å². The Labute approximate surface area is 81.2 Å². The van der Waals surface area contributed by atoms with Crippen molar-refractivity contribution in [2.45, 2.75) is 6.42 Å². The number of fused-ring (bicyclic) bond motifs is 1. The summed E-state index contributed by atoms with van der Waals surface area (Å²) in [4.78, 5) is 19.1. The van der Waals surface area contributed by atoms with Gasteiger partial charge in [-0.2, -0.15) is 0 Å². The molecule has 0 saturated carbocycles. The molecule has 0 aromatic rings. The highest BCUT2D eigenvalue weighted by molar-refractivity contribution is 6.20. The van der Waals surface area contributed by atoms with E-state index in [1.807, 2.05) is 0 Å². The van der Waals surface area contributed by atoms with Gasteiger partial charge in [0.1, 0.15) is 0 Å². The summed E-state index contributed by atoms with van der Waals surface area (Å²) in [6.45, 7) is 0. The summed E-state index contributed by atoms with van der Waals surface area (Å²) < 4.78 is 0. The summed E-state index contributed by atoms with van der Waals surface area (Å²) in [5, 5.41) is 0. The van der Waals surface area contributed by atoms with Crippen LogP contribution in [0.4, 0.5) is 0 Å². The number of amides is 1. The normalized spacial score (nSPS) is 19.0. The summed E-state index contributed by atoms with van der Waals surface area (Å²) >= 11 is 0. The van der Waals surface area contributed by atoms with E-state index in [1.54, 1.807) is 30.8 Å². The fourth-order valence-corrected chi connectivity index (χ4v) is 1.32. The van der Waals surface area contributed by atoms with Crippen molar-refractivity contribution in [3.63, 3.8) is 0 Å². The molecule has 1 amide bonds. The van der Waals surface area contributed by atoms with Gasteiger partial charge in [0.25, 0.3) is 0 Å². The van der Waals surface area contributed by atoms with Crippen molar-refractivity contribution in [3.05, 3.63) is 35.7 Å². The van der Waals surface area contributed by atoms with Crippen molar-refractivity contribution in [1.29, 1.82) is 0 Å². The van der Waals surface area contributed by atoms with E-state index in [9.17, 15) is 4.79 Å². The first-order valence-electron chi connectivity index (χ1n) is 4.23. The molecule has 14 heavy (non-hydrogen) atoms. The molecule has 0 bridgehead atoms. The number of allylic oxidation sites excluding steroid dienone is 3. The van der Waals surface area contributed by atoms with Crippen molar-refractivity contribution >= 4 is 17.8 Å². The van der Waals surface area contributed by atoms with Gasteiger partial charge in [-0.1, -0.05) is 12.2 Å². The number of nitrogens with two attached hydrogens (primary N) is 1. The Hall–Kier alpha value is -1.97. The van der Waals surface area contributed by atoms with Crippen LogP contribution in [0.2, 0.25) is 0 Å². The van der Waals surface area contributed by atoms with Crippen LogP contribution in [0.5, 0.6) is 0 Å². The topological polar surface area (TPSA) is 67.8 Å². The number of carbonyl (C=O) groups is 1. The zero-order valence-corrected chi connectivity index (χ0v) is 7.47. The number of hydrogen-bond donors (Lipinski definition) is 1. The van der Waals surface area contributed by atoms with Crippen LogP contribution in [0.15, 0.2) is 45.7 Å². The highest BCUT2D eigenvalue weighted by atomic mass is 16.1. The smallest absolute Gasteiger partial charge is 0.245 e. The number of hydrogen-bond acceptors (Lipinski definition) is 3. The molecule has 0 aromatic carbocycles. The molecule has 2 N–H and O–H groups in total. The molecule has 0 fully saturated rings. The van der Waals surface area contributed by atoms with Gasteiger partial charge in [-0.25, -0.2) is 0 Å². The number of rotatable bonds is 1. The Bertz CT molecular complexity index is 425. The maximum Gasteiger partial charge on any atom is 0.245 e. The fraction of sp³-hybridized carbons (Fsp3) is 0.100. The molecule has 0 spiro atoms. The lowest BCUT2D eigenvalue weighted by Crippen LogP contribution is -2.19. The van der Waals surface area contributed by atoms with Crippen LogP contribution in [0.3, 0.4) is 0 Å². The van der Waals surface area contributed by atoms with E-state index in [-0.39, 0.29) is 0 Å². The van der Waals surface area contributed by atoms with Crippen molar-refractivity contribution in [3.8, 4) is 0 Å². The number of primary amides is 1. The van der Waals surface area contributed by atoms with Crippen LogP contribution in [0, 0.1) is 0 Å². The summed E-state index contributed by atoms with van der Waals surface area (Å²) in [6, 6.07) is 0. The van der Waals surface area contributed by atoms with Crippen LogP contribution in [0.25, 0.3) is 0 Å². The second-order valence-corrected chi connectivity index (χ2v) is 3.01. The molecule has 70 valence electrons. The maximum atomic E-state index is 10.9. The van der Waals surface area contributed by atoms with Crippen molar-refractivity contribution < 1.29 is 4.79 Å². The largest absolute Gasteiger partial charge is 0.366 e. The predicted octanol–water partition coefficient (Wildman–Crippen LogP) is 0.725. The third-order valence-corrected chi connectivity index (χ3v) is 2.07. The average molecular weight is 187 g/mol. The molecular formula is C10H9N3O. The Kier molecular flexibility index (Phi) is 2.10. The predicted molar refractivity (Wildman–Crippen MR) is 55.0 cm³/mol. The molecule has 4 nitrogen and oxygen atoms in total. The van der Waals surface area contributed by atoms with Crippen LogP contribution in [-0.4, -0.2) is 17.8 Å². The van der Waals surface area contributed by atoms with Gasteiger partial charge >= 0.3 is 0 Å². The quantitative estimate of drug-likeness (QED) is 0.645. The lowest BCUT2D eigenvalue weighted by Gasteiger charge is -2.10. The third-order valence-electron chi connectivity index (χ3n) is 2.07. The van der Waals surface area contributed by atoms with Gasteiger partial charge < -0.3 is 5.73 Å². The van der Waals surface area contributed by atoms with E-state index >= 15 is 0 Å². The molecule has 1 heterocycles. The highest BCUT2D eigenvalue weighted by Gasteiger charge is 2.15. The van der Waals surface area contributed by atoms with Crippen molar-refractivity contribution in [2.75, 3.05) is 0 Å². The van der Waals surface area contributed by atoms with Gasteiger partial charge in [0.15, 0.2) is 0 Å². The molecule has 2 rings (SSSR count). The fourth-order valence-electron chi connectivity index (χ4n) is 1.32. The van der Waals surface area contributed by atoms with E-state index in [2.05, 4.69) is 9.98 Å². The van der Waals surface area contributed by atoms with E-state index in [0.717, 1.165) is 11.3 Å². The molecular weight excluding hydrogens is 178 g/mol. The second kappa shape index (κ2) is 3.41. The van der Waals surface area contributed by atoms with E-state index in [1.165, 1.54) is 0 Å². The minimum Gasteiger partial charge on any atom is -0.366 e. The molecule has 0 radical (unpaired) electrons. The first-order chi connectivity index (χ1) is 6.77. The van der Waals surface area contributed by atoms with E-state index in [4.69, 9.17) is 5.73 Å². The highest BCUT2D eigenvalue weighted by Crippen LogP contribution is 2.16. The average Bonchev–Trinajstić information content (AvgIpc) is 2.41. The number of aliphatic imine (C=N–C) groups is 2. The number of nitrogens with zero attached hydrogens (tertiary/aromatic N) is 2. The van der Waals surface area contributed by atoms with Crippen molar-refractivity contribution in [2.24, 2.45) is 15.7 Å². The summed E-state index contributed by atoms with van der Waals surface area (Å²) in [5.74, 6) is -0.395. The monoisotopic (exact) mass is 187 g/mol. The Morgan fingerprint density at radius 2 is 2.21 bits per heavy atom. The molecule has 1 aliphatic carbocycles. The standard InChI is InChI=1S/C10H9N3O/c11-10(14)7-1-2-8-6-12-3-4-13-9(8)5-7/h1-4,6H,5H2,(H2,11,14). The molecule has 2 aliphatic rings. The third kappa shape index (κ3) is 1.54. The molecule has 0 saturated heterocycles. The van der Waals surface area contributed by atoms with Gasteiger partial charge in [-0.05, 0) is 0 Å². The lowest BCUT2D eigenvalue weighted by atomic mass is 9.96. The minimum absolute atomic E-state index is 0.395. The SMILES string of the molecule is NC(=O)C1=CC=C2C=NC=CN=C2C1. The zero-order chi connectivity index (χ0) is 9.97. The molecule has 1 aliphatic heterocycles. The maximum absolute atomic E-state index is 10.9. The Balaban J connectivity index is 2.38. The van der Waals surface area contributed by atoms with Crippen molar-refractivity contribution in [1.82, 2.24) is 0 Å². The molecule has 0 aromatic heterocycles. The Morgan fingerprint density at radius 1 is 1.36 bits per heavy atom. The summed E-state index contributed by atoms with van der Waals surface area (Å²) in [7, 11) is 0. The van der Waals surface area contributed by atoms with E-state index in [0.29, 0.717) is 12.0 Å². The lowest BCUT2D eigenvalue weighted by molar-refractivity contribution is -0.114. The zero-order valence-electron chi connectivity index (χ0n) is 7.47. The van der Waals surface area contributed by atoms with Gasteiger partial charge in [-0.3, -0.25) is 14.8 Å². The van der Waals surface area contributed by atoms with Gasteiger partial charge in [0, 0.05) is 36.2 Å². The summed E-state index contributed by atoms with van der Waals surface area (Å²) in [5.41, 5.74) is 7.53. The Morgan fingerprint density at radius 3 is 3.00 bits per heavy atom.